The Balaban J connectivity index is 2.21. The third-order valence-electron chi connectivity index (χ3n) is 4.23. The molecule has 0 bridgehead atoms. The van der Waals surface area contributed by atoms with Gasteiger partial charge in [-0.25, -0.2) is 0 Å². The molecule has 3 aromatic rings. The summed E-state index contributed by atoms with van der Waals surface area (Å²) in [4.78, 5) is 4.44. The van der Waals surface area contributed by atoms with Crippen LogP contribution in [0.2, 0.25) is 0 Å². The fourth-order valence-corrected chi connectivity index (χ4v) is 3.19. The lowest BCUT2D eigenvalue weighted by molar-refractivity contribution is 0.117. The molecule has 132 valence electrons. The van der Waals surface area contributed by atoms with Gasteiger partial charge in [0.05, 0.1) is 30.0 Å². The molecule has 1 heterocycles. The van der Waals surface area contributed by atoms with Crippen molar-refractivity contribution in [1.82, 2.24) is 4.98 Å². The van der Waals surface area contributed by atoms with E-state index in [-0.39, 0.29) is 6.10 Å². The first-order chi connectivity index (χ1) is 12.6. The minimum Gasteiger partial charge on any atom is -0.496 e. The second-order valence-corrected chi connectivity index (χ2v) is 6.70. The number of fused-ring (bicyclic) bond motifs is 1. The van der Waals surface area contributed by atoms with Gasteiger partial charge in [0.1, 0.15) is 11.8 Å². The molecule has 0 radical (unpaired) electrons. The summed E-state index contributed by atoms with van der Waals surface area (Å²) in [5.74, 6) is 0.695. The third-order valence-corrected chi connectivity index (χ3v) is 4.72. The SMILES string of the molecule is COc1cc2c(Nc3cccc(Br)c3)c(C#N)cnc2cc1C(C)OC. The van der Waals surface area contributed by atoms with Gasteiger partial charge in [0.15, 0.2) is 0 Å². The van der Waals surface area contributed by atoms with Crippen LogP contribution in [0.25, 0.3) is 10.9 Å². The number of benzene rings is 2. The smallest absolute Gasteiger partial charge is 0.125 e. The number of hydrogen-bond acceptors (Lipinski definition) is 5. The van der Waals surface area contributed by atoms with Crippen LogP contribution in [-0.4, -0.2) is 19.2 Å². The molecule has 5 nitrogen and oxygen atoms in total. The second-order valence-electron chi connectivity index (χ2n) is 5.78. The predicted octanol–water partition coefficient (Wildman–Crippen LogP) is 5.33. The van der Waals surface area contributed by atoms with Crippen LogP contribution >= 0.6 is 15.9 Å². The van der Waals surface area contributed by atoms with Gasteiger partial charge in [-0.3, -0.25) is 4.98 Å². The Morgan fingerprint density at radius 2 is 2.04 bits per heavy atom. The van der Waals surface area contributed by atoms with Gasteiger partial charge >= 0.3 is 0 Å². The summed E-state index contributed by atoms with van der Waals surface area (Å²) in [6.45, 7) is 1.95. The van der Waals surface area contributed by atoms with E-state index in [4.69, 9.17) is 9.47 Å². The van der Waals surface area contributed by atoms with E-state index >= 15 is 0 Å². The van der Waals surface area contributed by atoms with E-state index in [1.165, 1.54) is 0 Å². The van der Waals surface area contributed by atoms with Crippen LogP contribution in [0.1, 0.15) is 24.2 Å². The van der Waals surface area contributed by atoms with Gasteiger partial charge < -0.3 is 14.8 Å². The topological polar surface area (TPSA) is 67.2 Å². The lowest BCUT2D eigenvalue weighted by Crippen LogP contribution is -2.02. The highest BCUT2D eigenvalue weighted by molar-refractivity contribution is 9.10. The minimum absolute atomic E-state index is 0.131. The van der Waals surface area contributed by atoms with E-state index in [2.05, 4.69) is 32.3 Å². The maximum atomic E-state index is 9.53. The minimum atomic E-state index is -0.131. The maximum Gasteiger partial charge on any atom is 0.125 e. The van der Waals surface area contributed by atoms with Crippen molar-refractivity contribution in [3.63, 3.8) is 0 Å². The Kier molecular flexibility index (Phi) is 5.40. The Bertz CT molecular complexity index is 998. The van der Waals surface area contributed by atoms with Gasteiger partial charge in [-0.2, -0.15) is 5.26 Å². The van der Waals surface area contributed by atoms with Crippen LogP contribution < -0.4 is 10.1 Å². The fourth-order valence-electron chi connectivity index (χ4n) is 2.79. The van der Waals surface area contributed by atoms with Gasteiger partial charge in [0.2, 0.25) is 0 Å². The number of pyridine rings is 1. The highest BCUT2D eigenvalue weighted by Gasteiger charge is 2.17. The summed E-state index contributed by atoms with van der Waals surface area (Å²) in [7, 11) is 3.27. The van der Waals surface area contributed by atoms with Crippen molar-refractivity contribution in [1.29, 1.82) is 5.26 Å². The monoisotopic (exact) mass is 411 g/mol. The largest absolute Gasteiger partial charge is 0.496 e. The number of hydrogen-bond donors (Lipinski definition) is 1. The zero-order chi connectivity index (χ0) is 18.7. The molecule has 3 rings (SSSR count). The number of methoxy groups -OCH3 is 2. The molecular formula is C20H18BrN3O2. The average Bonchev–Trinajstić information content (AvgIpc) is 2.66. The highest BCUT2D eigenvalue weighted by Crippen LogP contribution is 2.36. The van der Waals surface area contributed by atoms with Gasteiger partial charge in [0, 0.05) is 34.4 Å². The number of aromatic nitrogens is 1. The molecule has 1 unspecified atom stereocenters. The number of rotatable bonds is 5. The quantitative estimate of drug-likeness (QED) is 0.614. The Morgan fingerprint density at radius 3 is 2.69 bits per heavy atom. The number of halogens is 1. The molecule has 0 aliphatic carbocycles. The van der Waals surface area contributed by atoms with Crippen molar-refractivity contribution >= 4 is 38.2 Å². The van der Waals surface area contributed by atoms with Crippen molar-refractivity contribution < 1.29 is 9.47 Å². The summed E-state index contributed by atoms with van der Waals surface area (Å²) in [6, 6.07) is 13.8. The standard InChI is InChI=1S/C20H18BrN3O2/c1-12(25-2)16-8-18-17(9-19(16)26-3)20(13(10-22)11-23-18)24-15-6-4-5-14(21)7-15/h4-9,11-12H,1-3H3,(H,23,24). The maximum absolute atomic E-state index is 9.53. The number of anilines is 2. The summed E-state index contributed by atoms with van der Waals surface area (Å²) < 4.78 is 11.9. The molecule has 1 N–H and O–H groups in total. The van der Waals surface area contributed by atoms with E-state index < -0.39 is 0 Å². The summed E-state index contributed by atoms with van der Waals surface area (Å²) in [5, 5.41) is 13.7. The van der Waals surface area contributed by atoms with E-state index in [0.29, 0.717) is 17.0 Å². The summed E-state index contributed by atoms with van der Waals surface area (Å²) in [6.07, 6.45) is 1.45. The van der Waals surface area contributed by atoms with E-state index in [9.17, 15) is 5.26 Å². The van der Waals surface area contributed by atoms with Gasteiger partial charge in [0.25, 0.3) is 0 Å². The van der Waals surface area contributed by atoms with Crippen LogP contribution in [0.5, 0.6) is 5.75 Å². The third kappa shape index (κ3) is 3.50. The van der Waals surface area contributed by atoms with Crippen molar-refractivity contribution in [3.8, 4) is 11.8 Å². The van der Waals surface area contributed by atoms with Gasteiger partial charge in [-0.1, -0.05) is 22.0 Å². The van der Waals surface area contributed by atoms with E-state index in [0.717, 1.165) is 26.6 Å². The molecule has 0 aliphatic rings. The summed E-state index contributed by atoms with van der Waals surface area (Å²) in [5.41, 5.74) is 3.71. The number of nitrogens with one attached hydrogen (secondary N) is 1. The van der Waals surface area contributed by atoms with E-state index in [1.54, 1.807) is 20.4 Å². The molecule has 0 aliphatic heterocycles. The number of nitriles is 1. The van der Waals surface area contributed by atoms with Crippen molar-refractivity contribution in [2.45, 2.75) is 13.0 Å². The Morgan fingerprint density at radius 1 is 1.23 bits per heavy atom. The molecule has 6 heteroatoms. The molecule has 0 spiro atoms. The number of ether oxygens (including phenoxy) is 2. The highest BCUT2D eigenvalue weighted by atomic mass is 79.9. The second kappa shape index (κ2) is 7.73. The predicted molar refractivity (Wildman–Crippen MR) is 106 cm³/mol. The van der Waals surface area contributed by atoms with Crippen LogP contribution in [0.15, 0.2) is 47.1 Å². The van der Waals surface area contributed by atoms with Crippen molar-refractivity contribution in [2.24, 2.45) is 0 Å². The molecule has 0 saturated carbocycles. The van der Waals surface area contributed by atoms with Crippen LogP contribution in [-0.2, 0) is 4.74 Å². The Labute approximate surface area is 160 Å². The van der Waals surface area contributed by atoms with Gasteiger partial charge in [-0.15, -0.1) is 0 Å². The molecule has 26 heavy (non-hydrogen) atoms. The van der Waals surface area contributed by atoms with Gasteiger partial charge in [-0.05, 0) is 37.3 Å². The number of nitrogens with zero attached hydrogens (tertiary/aromatic N) is 2. The fraction of sp³-hybridized carbons (Fsp3) is 0.200. The first kappa shape index (κ1) is 18.2. The first-order valence-corrected chi connectivity index (χ1v) is 8.82. The molecule has 0 fully saturated rings. The Hall–Kier alpha value is -2.62. The first-order valence-electron chi connectivity index (χ1n) is 8.03. The zero-order valence-electron chi connectivity index (χ0n) is 14.7. The van der Waals surface area contributed by atoms with Crippen molar-refractivity contribution in [3.05, 3.63) is 58.2 Å². The average molecular weight is 412 g/mol. The van der Waals surface area contributed by atoms with Crippen LogP contribution in [0.3, 0.4) is 0 Å². The molecule has 0 amide bonds. The zero-order valence-corrected chi connectivity index (χ0v) is 16.3. The molecule has 1 atom stereocenters. The van der Waals surface area contributed by atoms with Crippen LogP contribution in [0, 0.1) is 11.3 Å². The molecule has 1 aromatic heterocycles. The normalized spacial score (nSPS) is 11.8. The lowest BCUT2D eigenvalue weighted by atomic mass is 10.0. The molecular weight excluding hydrogens is 394 g/mol. The molecule has 0 saturated heterocycles. The van der Waals surface area contributed by atoms with Crippen molar-refractivity contribution in [2.75, 3.05) is 19.5 Å². The summed E-state index contributed by atoms with van der Waals surface area (Å²) >= 11 is 3.47. The van der Waals surface area contributed by atoms with Crippen LogP contribution in [0.4, 0.5) is 11.4 Å². The van der Waals surface area contributed by atoms with E-state index in [1.807, 2.05) is 43.3 Å². The lowest BCUT2D eigenvalue weighted by Gasteiger charge is -2.17. The molecule has 2 aromatic carbocycles.